The Hall–Kier alpha value is -1.07. The van der Waals surface area contributed by atoms with Crippen LogP contribution < -0.4 is 5.32 Å². The molecule has 17 heavy (non-hydrogen) atoms. The Morgan fingerprint density at radius 2 is 2.24 bits per heavy atom. The molecular weight excluding hydrogens is 284 g/mol. The molecule has 0 saturated heterocycles. The Balaban J connectivity index is 2.68. The third-order valence-electron chi connectivity index (χ3n) is 2.46. The van der Waals surface area contributed by atoms with E-state index in [1.54, 1.807) is 24.1 Å². The van der Waals surface area contributed by atoms with Crippen LogP contribution in [0, 0.1) is 0 Å². The van der Waals surface area contributed by atoms with E-state index < -0.39 is 0 Å². The summed E-state index contributed by atoms with van der Waals surface area (Å²) in [6, 6.07) is 4.89. The van der Waals surface area contributed by atoms with Crippen LogP contribution in [0.1, 0.15) is 16.8 Å². The van der Waals surface area contributed by atoms with Crippen LogP contribution in [0.5, 0.6) is 5.75 Å². The number of aromatic hydroxyl groups is 1. The van der Waals surface area contributed by atoms with Gasteiger partial charge in [0.2, 0.25) is 0 Å². The smallest absolute Gasteiger partial charge is 0.257 e. The number of carbonyl (C=O) groups is 1. The van der Waals surface area contributed by atoms with E-state index in [1.165, 1.54) is 6.07 Å². The second-order valence-corrected chi connectivity index (χ2v) is 4.76. The third kappa shape index (κ3) is 4.02. The minimum atomic E-state index is -0.161. The van der Waals surface area contributed by atoms with E-state index in [1.807, 2.05) is 7.05 Å². The van der Waals surface area contributed by atoms with Gasteiger partial charge in [0, 0.05) is 18.1 Å². The fraction of sp³-hybridized carbons (Fsp3) is 0.417. The summed E-state index contributed by atoms with van der Waals surface area (Å²) in [6.45, 7) is 1.53. The minimum absolute atomic E-state index is 0.00448. The molecule has 0 atom stereocenters. The number of carbonyl (C=O) groups excluding carboxylic acids is 1. The van der Waals surface area contributed by atoms with Gasteiger partial charge in [-0.05, 0) is 38.2 Å². The average Bonchev–Trinajstić information content (AvgIpc) is 2.28. The predicted octanol–water partition coefficient (Wildman–Crippen LogP) is 1.84. The van der Waals surface area contributed by atoms with Crippen molar-refractivity contribution in [3.05, 3.63) is 28.2 Å². The summed E-state index contributed by atoms with van der Waals surface area (Å²) in [5, 5.41) is 12.7. The number of nitrogens with zero attached hydrogens (tertiary/aromatic N) is 1. The van der Waals surface area contributed by atoms with Crippen molar-refractivity contribution in [2.75, 3.05) is 27.2 Å². The fourth-order valence-electron chi connectivity index (χ4n) is 1.49. The maximum absolute atomic E-state index is 12.0. The highest BCUT2D eigenvalue weighted by Crippen LogP contribution is 2.23. The molecule has 1 aromatic rings. The Kier molecular flexibility index (Phi) is 5.44. The lowest BCUT2D eigenvalue weighted by Crippen LogP contribution is -2.29. The highest BCUT2D eigenvalue weighted by Gasteiger charge is 2.15. The van der Waals surface area contributed by atoms with Crippen LogP contribution in [-0.2, 0) is 0 Å². The number of benzene rings is 1. The van der Waals surface area contributed by atoms with Crippen molar-refractivity contribution in [2.45, 2.75) is 6.42 Å². The molecule has 1 rings (SSSR count). The van der Waals surface area contributed by atoms with Crippen molar-refractivity contribution in [3.63, 3.8) is 0 Å². The quantitative estimate of drug-likeness (QED) is 0.816. The first kappa shape index (κ1) is 14.0. The lowest BCUT2D eigenvalue weighted by Gasteiger charge is -2.17. The number of hydrogen-bond acceptors (Lipinski definition) is 3. The van der Waals surface area contributed by atoms with Crippen LogP contribution in [-0.4, -0.2) is 43.1 Å². The molecule has 0 aliphatic carbocycles. The van der Waals surface area contributed by atoms with Crippen molar-refractivity contribution in [2.24, 2.45) is 0 Å². The summed E-state index contributed by atoms with van der Waals surface area (Å²) in [6.07, 6.45) is 0.885. The molecule has 5 heteroatoms. The number of amides is 1. The summed E-state index contributed by atoms with van der Waals surface area (Å²) in [5.74, 6) is -0.157. The van der Waals surface area contributed by atoms with Crippen molar-refractivity contribution in [1.82, 2.24) is 10.2 Å². The average molecular weight is 301 g/mol. The van der Waals surface area contributed by atoms with Gasteiger partial charge >= 0.3 is 0 Å². The predicted molar refractivity (Wildman–Crippen MR) is 71.3 cm³/mol. The molecule has 0 unspecified atom stereocenters. The third-order valence-corrected chi connectivity index (χ3v) is 2.95. The van der Waals surface area contributed by atoms with E-state index in [2.05, 4.69) is 21.2 Å². The molecule has 0 spiro atoms. The number of phenolic OH excluding ortho intramolecular Hbond substituents is 1. The van der Waals surface area contributed by atoms with Crippen molar-refractivity contribution < 1.29 is 9.90 Å². The summed E-state index contributed by atoms with van der Waals surface area (Å²) in [7, 11) is 3.61. The first-order valence-electron chi connectivity index (χ1n) is 5.45. The summed E-state index contributed by atoms with van der Waals surface area (Å²) < 4.78 is 0.754. The highest BCUT2D eigenvalue weighted by atomic mass is 79.9. The Morgan fingerprint density at radius 1 is 1.53 bits per heavy atom. The standard InChI is InChI=1S/C12H17BrN2O2/c1-14-6-3-7-15(2)12(17)10-5-4-9(13)8-11(10)16/h4-5,8,14,16H,3,6-7H2,1-2H3. The topological polar surface area (TPSA) is 52.6 Å². The van der Waals surface area contributed by atoms with Gasteiger partial charge in [-0.3, -0.25) is 4.79 Å². The second-order valence-electron chi connectivity index (χ2n) is 3.85. The Labute approximate surface area is 110 Å². The number of nitrogens with one attached hydrogen (secondary N) is 1. The lowest BCUT2D eigenvalue weighted by atomic mass is 10.2. The van der Waals surface area contributed by atoms with Crippen molar-refractivity contribution >= 4 is 21.8 Å². The molecule has 0 saturated carbocycles. The fourth-order valence-corrected chi connectivity index (χ4v) is 1.83. The second kappa shape index (κ2) is 6.61. The van der Waals surface area contributed by atoms with Gasteiger partial charge < -0.3 is 15.3 Å². The summed E-state index contributed by atoms with van der Waals surface area (Å²) in [5.41, 5.74) is 0.333. The number of phenols is 1. The molecule has 0 aromatic heterocycles. The molecule has 2 N–H and O–H groups in total. The van der Waals surface area contributed by atoms with Crippen LogP contribution in [0.25, 0.3) is 0 Å². The van der Waals surface area contributed by atoms with E-state index >= 15 is 0 Å². The zero-order valence-corrected chi connectivity index (χ0v) is 11.6. The molecule has 0 radical (unpaired) electrons. The Morgan fingerprint density at radius 3 is 2.82 bits per heavy atom. The monoisotopic (exact) mass is 300 g/mol. The molecule has 0 aliphatic rings. The highest BCUT2D eigenvalue weighted by molar-refractivity contribution is 9.10. The molecule has 4 nitrogen and oxygen atoms in total. The van der Waals surface area contributed by atoms with Gasteiger partial charge in [-0.15, -0.1) is 0 Å². The molecule has 0 heterocycles. The molecular formula is C12H17BrN2O2. The largest absolute Gasteiger partial charge is 0.507 e. The minimum Gasteiger partial charge on any atom is -0.507 e. The Bertz CT molecular complexity index is 396. The number of halogens is 1. The normalized spacial score (nSPS) is 10.3. The van der Waals surface area contributed by atoms with Gasteiger partial charge in [-0.25, -0.2) is 0 Å². The number of hydrogen-bond donors (Lipinski definition) is 2. The maximum atomic E-state index is 12.0. The van der Waals surface area contributed by atoms with E-state index in [0.29, 0.717) is 12.1 Å². The molecule has 1 amide bonds. The van der Waals surface area contributed by atoms with Gasteiger partial charge in [0.25, 0.3) is 5.91 Å². The van der Waals surface area contributed by atoms with E-state index in [4.69, 9.17) is 0 Å². The summed E-state index contributed by atoms with van der Waals surface area (Å²) in [4.78, 5) is 13.6. The van der Waals surface area contributed by atoms with Crippen molar-refractivity contribution in [1.29, 1.82) is 0 Å². The van der Waals surface area contributed by atoms with E-state index in [0.717, 1.165) is 17.4 Å². The summed E-state index contributed by atoms with van der Waals surface area (Å²) >= 11 is 3.24. The molecule has 94 valence electrons. The van der Waals surface area contributed by atoms with Crippen LogP contribution in [0.3, 0.4) is 0 Å². The number of rotatable bonds is 5. The molecule has 1 aromatic carbocycles. The van der Waals surface area contributed by atoms with Gasteiger partial charge in [0.15, 0.2) is 0 Å². The van der Waals surface area contributed by atoms with E-state index in [-0.39, 0.29) is 11.7 Å². The van der Waals surface area contributed by atoms with Crippen LogP contribution in [0.2, 0.25) is 0 Å². The van der Waals surface area contributed by atoms with Crippen LogP contribution in [0.15, 0.2) is 22.7 Å². The van der Waals surface area contributed by atoms with Crippen LogP contribution >= 0.6 is 15.9 Å². The maximum Gasteiger partial charge on any atom is 0.257 e. The SMILES string of the molecule is CNCCCN(C)C(=O)c1ccc(Br)cc1O. The van der Waals surface area contributed by atoms with Gasteiger partial charge in [0.1, 0.15) is 5.75 Å². The van der Waals surface area contributed by atoms with Crippen molar-refractivity contribution in [3.8, 4) is 5.75 Å². The molecule has 0 fully saturated rings. The van der Waals surface area contributed by atoms with Gasteiger partial charge in [-0.2, -0.15) is 0 Å². The van der Waals surface area contributed by atoms with Gasteiger partial charge in [-0.1, -0.05) is 15.9 Å². The first-order chi connectivity index (χ1) is 8.06. The first-order valence-corrected chi connectivity index (χ1v) is 6.24. The van der Waals surface area contributed by atoms with Gasteiger partial charge in [0.05, 0.1) is 5.56 Å². The zero-order valence-electron chi connectivity index (χ0n) is 10.0. The lowest BCUT2D eigenvalue weighted by molar-refractivity contribution is 0.0790. The van der Waals surface area contributed by atoms with Crippen LogP contribution in [0.4, 0.5) is 0 Å². The van der Waals surface area contributed by atoms with E-state index in [9.17, 15) is 9.90 Å². The molecule has 0 bridgehead atoms. The zero-order chi connectivity index (χ0) is 12.8. The molecule has 0 aliphatic heterocycles.